The summed E-state index contributed by atoms with van der Waals surface area (Å²) in [5, 5.41) is 3.54. The Kier molecular flexibility index (Phi) is 5.47. The largest absolute Gasteiger partial charge is 0.359 e. The number of thiazole rings is 1. The predicted molar refractivity (Wildman–Crippen MR) is 76.2 cm³/mol. The molecule has 1 heterocycles. The van der Waals surface area contributed by atoms with Crippen molar-refractivity contribution < 1.29 is 9.59 Å². The maximum Gasteiger partial charge on any atom is 0.228 e. The second kappa shape index (κ2) is 6.65. The van der Waals surface area contributed by atoms with Crippen molar-refractivity contribution in [2.45, 2.75) is 39.7 Å². The summed E-state index contributed by atoms with van der Waals surface area (Å²) in [7, 11) is 3.32. The molecule has 0 spiro atoms. The summed E-state index contributed by atoms with van der Waals surface area (Å²) in [4.78, 5) is 30.5. The lowest BCUT2D eigenvalue weighted by atomic mass is 10.1. The normalized spacial score (nSPS) is 12.1. The van der Waals surface area contributed by atoms with Crippen molar-refractivity contribution in [3.8, 4) is 0 Å². The van der Waals surface area contributed by atoms with Gasteiger partial charge in [-0.25, -0.2) is 4.98 Å². The van der Waals surface area contributed by atoms with E-state index in [2.05, 4.69) is 10.3 Å². The fourth-order valence-corrected chi connectivity index (χ4v) is 2.59. The zero-order valence-corrected chi connectivity index (χ0v) is 12.9. The van der Waals surface area contributed by atoms with Crippen LogP contribution in [0.4, 0.5) is 0 Å². The molecular weight excluding hydrogens is 262 g/mol. The lowest BCUT2D eigenvalue weighted by Gasteiger charge is -2.24. The molecule has 2 amide bonds. The minimum atomic E-state index is -0.118. The maximum atomic E-state index is 12.1. The predicted octanol–water partition coefficient (Wildman–Crippen LogP) is 1.29. The van der Waals surface area contributed by atoms with E-state index in [1.165, 1.54) is 0 Å². The van der Waals surface area contributed by atoms with Gasteiger partial charge in [0.2, 0.25) is 11.8 Å². The van der Waals surface area contributed by atoms with Gasteiger partial charge < -0.3 is 10.2 Å². The number of hydrogen-bond acceptors (Lipinski definition) is 4. The quantitative estimate of drug-likeness (QED) is 0.885. The standard InChI is InChI=1S/C13H21N3O2S/c1-8(6-12(17)14-4)16(5)13(18)7-11-9(2)19-10(3)15-11/h8H,6-7H2,1-5H3,(H,14,17)/t8-/m0/s1. The van der Waals surface area contributed by atoms with Crippen LogP contribution >= 0.6 is 11.3 Å². The Labute approximate surface area is 118 Å². The number of carbonyl (C=O) groups excluding carboxylic acids is 2. The van der Waals surface area contributed by atoms with Crippen LogP contribution in [0.2, 0.25) is 0 Å². The minimum Gasteiger partial charge on any atom is -0.359 e. The molecule has 0 aliphatic carbocycles. The summed E-state index contributed by atoms with van der Waals surface area (Å²) in [5.74, 6) is -0.0716. The number of likely N-dealkylation sites (N-methyl/N-ethyl adjacent to an activating group) is 1. The monoisotopic (exact) mass is 283 g/mol. The molecule has 0 radical (unpaired) electrons. The SMILES string of the molecule is CNC(=O)C[C@H](C)N(C)C(=O)Cc1nc(C)sc1C. The Morgan fingerprint density at radius 3 is 2.53 bits per heavy atom. The van der Waals surface area contributed by atoms with E-state index in [0.29, 0.717) is 12.8 Å². The van der Waals surface area contributed by atoms with Crippen LogP contribution in [0.15, 0.2) is 0 Å². The smallest absolute Gasteiger partial charge is 0.228 e. The molecule has 1 atom stereocenters. The molecule has 1 aromatic rings. The van der Waals surface area contributed by atoms with E-state index >= 15 is 0 Å². The van der Waals surface area contributed by atoms with Gasteiger partial charge in [-0.3, -0.25) is 9.59 Å². The summed E-state index contributed by atoms with van der Waals surface area (Å²) in [5.41, 5.74) is 0.839. The van der Waals surface area contributed by atoms with E-state index in [-0.39, 0.29) is 17.9 Å². The summed E-state index contributed by atoms with van der Waals surface area (Å²) in [6.45, 7) is 5.77. The average Bonchev–Trinajstić information content (AvgIpc) is 2.66. The zero-order chi connectivity index (χ0) is 14.6. The van der Waals surface area contributed by atoms with Gasteiger partial charge in [0.15, 0.2) is 0 Å². The molecule has 0 saturated heterocycles. The van der Waals surface area contributed by atoms with Gasteiger partial charge in [0.05, 0.1) is 17.1 Å². The molecule has 0 aliphatic rings. The second-order valence-electron chi connectivity index (χ2n) is 4.64. The van der Waals surface area contributed by atoms with Crippen molar-refractivity contribution in [2.24, 2.45) is 0 Å². The lowest BCUT2D eigenvalue weighted by Crippen LogP contribution is -2.39. The minimum absolute atomic E-state index is 0.00944. The van der Waals surface area contributed by atoms with E-state index in [4.69, 9.17) is 0 Å². The highest BCUT2D eigenvalue weighted by atomic mass is 32.1. The molecular formula is C13H21N3O2S. The average molecular weight is 283 g/mol. The van der Waals surface area contributed by atoms with Crippen LogP contribution in [0, 0.1) is 13.8 Å². The zero-order valence-electron chi connectivity index (χ0n) is 12.1. The first-order valence-electron chi connectivity index (χ1n) is 6.24. The third-order valence-corrected chi connectivity index (χ3v) is 4.06. The van der Waals surface area contributed by atoms with E-state index < -0.39 is 0 Å². The van der Waals surface area contributed by atoms with E-state index in [1.807, 2.05) is 20.8 Å². The molecule has 0 aliphatic heterocycles. The number of amides is 2. The van der Waals surface area contributed by atoms with E-state index in [0.717, 1.165) is 15.6 Å². The van der Waals surface area contributed by atoms with Crippen LogP contribution in [-0.2, 0) is 16.0 Å². The lowest BCUT2D eigenvalue weighted by molar-refractivity contribution is -0.132. The molecule has 106 valence electrons. The third-order valence-electron chi connectivity index (χ3n) is 3.13. The third kappa shape index (κ3) is 4.31. The molecule has 0 unspecified atom stereocenters. The molecule has 0 fully saturated rings. The van der Waals surface area contributed by atoms with Crippen molar-refractivity contribution >= 4 is 23.2 Å². The topological polar surface area (TPSA) is 62.3 Å². The number of hydrogen-bond donors (Lipinski definition) is 1. The van der Waals surface area contributed by atoms with Crippen LogP contribution in [0.1, 0.15) is 28.9 Å². The van der Waals surface area contributed by atoms with Gasteiger partial charge in [-0.1, -0.05) is 0 Å². The van der Waals surface area contributed by atoms with Crippen molar-refractivity contribution in [1.82, 2.24) is 15.2 Å². The molecule has 1 N–H and O–H groups in total. The van der Waals surface area contributed by atoms with Crippen LogP contribution in [0.3, 0.4) is 0 Å². The first-order chi connectivity index (χ1) is 8.85. The second-order valence-corrected chi connectivity index (χ2v) is 6.05. The Balaban J connectivity index is 2.62. The van der Waals surface area contributed by atoms with Gasteiger partial charge in [0.1, 0.15) is 0 Å². The number of carbonyl (C=O) groups is 2. The number of aromatic nitrogens is 1. The van der Waals surface area contributed by atoms with Gasteiger partial charge in [0, 0.05) is 31.4 Å². The van der Waals surface area contributed by atoms with Gasteiger partial charge in [-0.2, -0.15) is 0 Å². The first-order valence-corrected chi connectivity index (χ1v) is 7.06. The highest BCUT2D eigenvalue weighted by molar-refractivity contribution is 7.11. The Bertz CT molecular complexity index is 470. The fourth-order valence-electron chi connectivity index (χ4n) is 1.76. The summed E-state index contributed by atoms with van der Waals surface area (Å²) < 4.78 is 0. The van der Waals surface area contributed by atoms with Crippen LogP contribution in [0.5, 0.6) is 0 Å². The molecule has 1 aromatic heterocycles. The van der Waals surface area contributed by atoms with E-state index in [9.17, 15) is 9.59 Å². The number of nitrogens with zero attached hydrogens (tertiary/aromatic N) is 2. The van der Waals surface area contributed by atoms with Crippen molar-refractivity contribution in [3.63, 3.8) is 0 Å². The molecule has 0 aromatic carbocycles. The molecule has 0 saturated carbocycles. The number of nitrogens with one attached hydrogen (secondary N) is 1. The van der Waals surface area contributed by atoms with Gasteiger partial charge >= 0.3 is 0 Å². The van der Waals surface area contributed by atoms with Gasteiger partial charge in [-0.05, 0) is 20.8 Å². The Hall–Kier alpha value is -1.43. The maximum absolute atomic E-state index is 12.1. The highest BCUT2D eigenvalue weighted by Gasteiger charge is 2.20. The van der Waals surface area contributed by atoms with Crippen molar-refractivity contribution in [3.05, 3.63) is 15.6 Å². The van der Waals surface area contributed by atoms with Crippen LogP contribution in [0.25, 0.3) is 0 Å². The number of rotatable bonds is 5. The summed E-state index contributed by atoms with van der Waals surface area (Å²) in [6, 6.07) is -0.118. The van der Waals surface area contributed by atoms with Crippen molar-refractivity contribution in [1.29, 1.82) is 0 Å². The molecule has 6 heteroatoms. The number of aryl methyl sites for hydroxylation is 2. The van der Waals surface area contributed by atoms with Crippen molar-refractivity contribution in [2.75, 3.05) is 14.1 Å². The van der Waals surface area contributed by atoms with Gasteiger partial charge in [-0.15, -0.1) is 11.3 Å². The summed E-state index contributed by atoms with van der Waals surface area (Å²) in [6.07, 6.45) is 0.610. The Morgan fingerprint density at radius 2 is 2.05 bits per heavy atom. The van der Waals surface area contributed by atoms with E-state index in [1.54, 1.807) is 30.3 Å². The molecule has 1 rings (SSSR count). The van der Waals surface area contributed by atoms with Crippen LogP contribution in [-0.4, -0.2) is 41.8 Å². The molecule has 0 bridgehead atoms. The first kappa shape index (κ1) is 15.6. The van der Waals surface area contributed by atoms with Gasteiger partial charge in [0.25, 0.3) is 0 Å². The molecule has 19 heavy (non-hydrogen) atoms. The highest BCUT2D eigenvalue weighted by Crippen LogP contribution is 2.17. The van der Waals surface area contributed by atoms with Crippen LogP contribution < -0.4 is 5.32 Å². The molecule has 5 nitrogen and oxygen atoms in total. The Morgan fingerprint density at radius 1 is 1.42 bits per heavy atom. The summed E-state index contributed by atoms with van der Waals surface area (Å²) >= 11 is 1.60. The fraction of sp³-hybridized carbons (Fsp3) is 0.615.